The molecule has 2 rings (SSSR count). The highest BCUT2D eigenvalue weighted by Gasteiger charge is 2.12. The number of nitrogens with zero attached hydrogens (tertiary/aromatic N) is 1. The maximum absolute atomic E-state index is 13.2. The molecule has 0 radical (unpaired) electrons. The molecule has 94 valence electrons. The molecule has 0 fully saturated rings. The van der Waals surface area contributed by atoms with Crippen molar-refractivity contribution in [1.82, 2.24) is 9.55 Å². The maximum Gasteiger partial charge on any atom is 0.335 e. The van der Waals surface area contributed by atoms with Crippen LogP contribution in [-0.4, -0.2) is 14.7 Å². The van der Waals surface area contributed by atoms with Crippen LogP contribution in [0.25, 0.3) is 5.69 Å². The van der Waals surface area contributed by atoms with Crippen molar-refractivity contribution in [2.45, 2.75) is 13.8 Å². The molecule has 1 heterocycles. The number of halogens is 1. The third-order valence-electron chi connectivity index (χ3n) is 2.71. The summed E-state index contributed by atoms with van der Waals surface area (Å²) in [4.78, 5) is 25.0. The van der Waals surface area contributed by atoms with Gasteiger partial charge in [0.1, 0.15) is 5.82 Å². The molecule has 0 aliphatic rings. The Morgan fingerprint density at radius 1 is 1.28 bits per heavy atom. The third-order valence-corrected chi connectivity index (χ3v) is 2.71. The lowest BCUT2D eigenvalue weighted by Crippen LogP contribution is -2.30. The smallest absolute Gasteiger partial charge is 0.335 e. The van der Waals surface area contributed by atoms with E-state index in [1.807, 2.05) is 0 Å². The zero-order chi connectivity index (χ0) is 13.4. The SMILES string of the molecule is Cc1cc(-n2c(O)c(C)c(=O)[nH]c2=O)ccc1F. The van der Waals surface area contributed by atoms with Crippen LogP contribution in [0.4, 0.5) is 4.39 Å². The van der Waals surface area contributed by atoms with Crippen LogP contribution >= 0.6 is 0 Å². The summed E-state index contributed by atoms with van der Waals surface area (Å²) >= 11 is 0. The Kier molecular flexibility index (Phi) is 2.78. The Bertz CT molecular complexity index is 731. The van der Waals surface area contributed by atoms with Gasteiger partial charge in [0.05, 0.1) is 11.3 Å². The van der Waals surface area contributed by atoms with Crippen molar-refractivity contribution >= 4 is 0 Å². The lowest BCUT2D eigenvalue weighted by molar-refractivity contribution is 0.426. The molecule has 0 aliphatic carbocycles. The number of benzene rings is 1. The maximum atomic E-state index is 13.2. The number of aryl methyl sites for hydroxylation is 1. The van der Waals surface area contributed by atoms with E-state index in [1.54, 1.807) is 6.92 Å². The molecule has 0 saturated carbocycles. The average molecular weight is 250 g/mol. The average Bonchev–Trinajstić information content (AvgIpc) is 2.31. The van der Waals surface area contributed by atoms with Gasteiger partial charge in [-0.25, -0.2) is 13.8 Å². The van der Waals surface area contributed by atoms with E-state index >= 15 is 0 Å². The van der Waals surface area contributed by atoms with Crippen LogP contribution in [0, 0.1) is 19.7 Å². The lowest BCUT2D eigenvalue weighted by atomic mass is 10.2. The van der Waals surface area contributed by atoms with Gasteiger partial charge < -0.3 is 5.11 Å². The number of hydrogen-bond acceptors (Lipinski definition) is 3. The number of hydrogen-bond donors (Lipinski definition) is 2. The molecule has 1 aromatic carbocycles. The fourth-order valence-corrected chi connectivity index (χ4v) is 1.62. The molecule has 2 N–H and O–H groups in total. The van der Waals surface area contributed by atoms with Gasteiger partial charge in [0, 0.05) is 0 Å². The highest BCUT2D eigenvalue weighted by Crippen LogP contribution is 2.17. The van der Waals surface area contributed by atoms with Gasteiger partial charge in [-0.15, -0.1) is 0 Å². The Morgan fingerprint density at radius 3 is 2.56 bits per heavy atom. The summed E-state index contributed by atoms with van der Waals surface area (Å²) in [5, 5.41) is 9.82. The predicted octanol–water partition coefficient (Wildman–Crippen LogP) is 0.987. The van der Waals surface area contributed by atoms with Crippen LogP contribution in [0.2, 0.25) is 0 Å². The Hall–Kier alpha value is -2.37. The molecule has 0 bridgehead atoms. The van der Waals surface area contributed by atoms with Crippen molar-refractivity contribution in [3.8, 4) is 11.6 Å². The van der Waals surface area contributed by atoms with E-state index in [4.69, 9.17) is 0 Å². The summed E-state index contributed by atoms with van der Waals surface area (Å²) in [6, 6.07) is 3.95. The third kappa shape index (κ3) is 1.81. The molecule has 0 saturated heterocycles. The van der Waals surface area contributed by atoms with Crippen LogP contribution in [-0.2, 0) is 0 Å². The number of nitrogens with one attached hydrogen (secondary N) is 1. The zero-order valence-corrected chi connectivity index (χ0v) is 9.82. The highest BCUT2D eigenvalue weighted by molar-refractivity contribution is 5.40. The van der Waals surface area contributed by atoms with E-state index < -0.39 is 22.9 Å². The first kappa shape index (κ1) is 12.1. The molecule has 18 heavy (non-hydrogen) atoms. The topological polar surface area (TPSA) is 75.1 Å². The van der Waals surface area contributed by atoms with Crippen LogP contribution in [0.1, 0.15) is 11.1 Å². The van der Waals surface area contributed by atoms with Crippen LogP contribution < -0.4 is 11.2 Å². The lowest BCUT2D eigenvalue weighted by Gasteiger charge is -2.10. The second-order valence-corrected chi connectivity index (χ2v) is 3.98. The monoisotopic (exact) mass is 250 g/mol. The Morgan fingerprint density at radius 2 is 1.94 bits per heavy atom. The first-order valence-corrected chi connectivity index (χ1v) is 5.23. The summed E-state index contributed by atoms with van der Waals surface area (Å²) in [5.74, 6) is -0.859. The predicted molar refractivity (Wildman–Crippen MR) is 63.8 cm³/mol. The van der Waals surface area contributed by atoms with E-state index in [9.17, 15) is 19.1 Å². The van der Waals surface area contributed by atoms with Crippen molar-refractivity contribution in [2.24, 2.45) is 0 Å². The summed E-state index contributed by atoms with van der Waals surface area (Å²) in [7, 11) is 0. The molecule has 0 atom stereocenters. The van der Waals surface area contributed by atoms with Gasteiger partial charge in [-0.05, 0) is 37.6 Å². The van der Waals surface area contributed by atoms with E-state index in [1.165, 1.54) is 25.1 Å². The summed E-state index contributed by atoms with van der Waals surface area (Å²) in [6.45, 7) is 2.93. The minimum atomic E-state index is -0.769. The van der Waals surface area contributed by atoms with Gasteiger partial charge in [0.25, 0.3) is 5.56 Å². The zero-order valence-electron chi connectivity index (χ0n) is 9.82. The van der Waals surface area contributed by atoms with Crippen LogP contribution in [0.3, 0.4) is 0 Å². The van der Waals surface area contributed by atoms with E-state index in [2.05, 4.69) is 4.98 Å². The van der Waals surface area contributed by atoms with E-state index in [0.29, 0.717) is 5.56 Å². The molecule has 6 heteroatoms. The molecule has 1 aromatic heterocycles. The second kappa shape index (κ2) is 4.14. The van der Waals surface area contributed by atoms with E-state index in [0.717, 1.165) is 4.57 Å². The number of H-pyrrole nitrogens is 1. The van der Waals surface area contributed by atoms with Gasteiger partial charge in [0.2, 0.25) is 5.88 Å². The summed E-state index contributed by atoms with van der Waals surface area (Å²) in [5.41, 5.74) is -0.767. The molecule has 0 spiro atoms. The highest BCUT2D eigenvalue weighted by atomic mass is 19.1. The quantitative estimate of drug-likeness (QED) is 0.792. The number of aromatic amines is 1. The minimum Gasteiger partial charge on any atom is -0.494 e. The Balaban J connectivity index is 2.79. The Labute approximate surface area is 101 Å². The van der Waals surface area contributed by atoms with Gasteiger partial charge in [0.15, 0.2) is 0 Å². The van der Waals surface area contributed by atoms with Gasteiger partial charge in [-0.1, -0.05) is 0 Å². The van der Waals surface area contributed by atoms with E-state index in [-0.39, 0.29) is 11.3 Å². The van der Waals surface area contributed by atoms with Crippen molar-refractivity contribution in [3.05, 3.63) is 56.0 Å². The largest absolute Gasteiger partial charge is 0.494 e. The van der Waals surface area contributed by atoms with Crippen LogP contribution in [0.5, 0.6) is 5.88 Å². The molecule has 0 aliphatic heterocycles. The minimum absolute atomic E-state index is 0.0246. The summed E-state index contributed by atoms with van der Waals surface area (Å²) < 4.78 is 14.1. The van der Waals surface area contributed by atoms with Crippen molar-refractivity contribution in [2.75, 3.05) is 0 Å². The molecule has 5 nitrogen and oxygen atoms in total. The van der Waals surface area contributed by atoms with Crippen molar-refractivity contribution < 1.29 is 9.50 Å². The van der Waals surface area contributed by atoms with Crippen LogP contribution in [0.15, 0.2) is 27.8 Å². The van der Waals surface area contributed by atoms with Gasteiger partial charge in [-0.2, -0.15) is 0 Å². The van der Waals surface area contributed by atoms with Crippen molar-refractivity contribution in [3.63, 3.8) is 0 Å². The number of aromatic hydroxyl groups is 1. The fourth-order valence-electron chi connectivity index (χ4n) is 1.62. The molecular formula is C12H11FN2O3. The molecular weight excluding hydrogens is 239 g/mol. The fraction of sp³-hybridized carbons (Fsp3) is 0.167. The number of rotatable bonds is 1. The molecule has 0 amide bonds. The summed E-state index contributed by atoms with van der Waals surface area (Å²) in [6.07, 6.45) is 0. The standard InChI is InChI=1S/C12H11FN2O3/c1-6-5-8(3-4-9(6)13)15-11(17)7(2)10(16)14-12(15)18/h3-5,17H,1-2H3,(H,14,16,18). The molecule has 2 aromatic rings. The number of aromatic nitrogens is 2. The first-order chi connectivity index (χ1) is 8.41. The first-order valence-electron chi connectivity index (χ1n) is 5.23. The second-order valence-electron chi connectivity index (χ2n) is 3.98. The van der Waals surface area contributed by atoms with Crippen molar-refractivity contribution in [1.29, 1.82) is 0 Å². The van der Waals surface area contributed by atoms with Gasteiger partial charge >= 0.3 is 5.69 Å². The molecule has 0 unspecified atom stereocenters. The normalized spacial score (nSPS) is 10.6. The van der Waals surface area contributed by atoms with Gasteiger partial charge in [-0.3, -0.25) is 9.78 Å².